The Morgan fingerprint density at radius 1 is 0.963 bits per heavy atom. The molecule has 8 heteroatoms. The van der Waals surface area contributed by atoms with E-state index < -0.39 is 0 Å². The monoisotopic (exact) mass is 427 g/mol. The van der Waals surface area contributed by atoms with Gasteiger partial charge in [0.15, 0.2) is 0 Å². The first-order valence-electron chi connectivity index (χ1n) is 8.40. The molecule has 1 aliphatic rings. The summed E-state index contributed by atoms with van der Waals surface area (Å²) in [4.78, 5) is 24.6. The van der Waals surface area contributed by atoms with Crippen LogP contribution in [0.25, 0.3) is 0 Å². The van der Waals surface area contributed by atoms with Gasteiger partial charge in [0.1, 0.15) is 0 Å². The lowest BCUT2D eigenvalue weighted by molar-refractivity contribution is 0.0930. The van der Waals surface area contributed by atoms with Crippen LogP contribution in [0.4, 0.5) is 5.69 Å². The molecule has 0 saturated carbocycles. The lowest BCUT2D eigenvalue weighted by Crippen LogP contribution is -2.45. The van der Waals surface area contributed by atoms with Gasteiger partial charge in [-0.25, -0.2) is 0 Å². The molecule has 5 nitrogen and oxygen atoms in total. The van der Waals surface area contributed by atoms with Gasteiger partial charge in [-0.05, 0) is 61.9 Å². The van der Waals surface area contributed by atoms with Crippen LogP contribution in [0, 0.1) is 0 Å². The van der Waals surface area contributed by atoms with Crippen molar-refractivity contribution >= 4 is 53.1 Å². The third kappa shape index (κ3) is 6.11. The van der Waals surface area contributed by atoms with E-state index in [0.29, 0.717) is 26.9 Å². The number of nitrogens with one attached hydrogen (secondary N) is 3. The van der Waals surface area contributed by atoms with Crippen molar-refractivity contribution in [2.75, 3.05) is 18.4 Å². The molecule has 3 N–H and O–H groups in total. The van der Waals surface area contributed by atoms with Crippen molar-refractivity contribution in [1.29, 1.82) is 0 Å². The van der Waals surface area contributed by atoms with E-state index in [2.05, 4.69) is 16.0 Å². The Morgan fingerprint density at radius 2 is 1.63 bits per heavy atom. The smallest absolute Gasteiger partial charge is 0.255 e. The molecule has 2 amide bonds. The maximum Gasteiger partial charge on any atom is 0.255 e. The normalized spacial score (nSPS) is 16.1. The van der Waals surface area contributed by atoms with E-state index in [1.165, 1.54) is 0 Å². The highest BCUT2D eigenvalue weighted by Crippen LogP contribution is 2.20. The summed E-state index contributed by atoms with van der Waals surface area (Å²) < 4.78 is 0. The summed E-state index contributed by atoms with van der Waals surface area (Å²) >= 11 is 11.8. The third-order valence-electron chi connectivity index (χ3n) is 4.16. The zero-order chi connectivity index (χ0) is 18.5. The second-order valence-corrected chi connectivity index (χ2v) is 7.08. The Labute approximate surface area is 174 Å². The van der Waals surface area contributed by atoms with Crippen LogP contribution in [0.2, 0.25) is 10.0 Å². The molecule has 0 bridgehead atoms. The van der Waals surface area contributed by atoms with Crippen molar-refractivity contribution < 1.29 is 9.59 Å². The Bertz CT molecular complexity index is 786. The zero-order valence-electron chi connectivity index (χ0n) is 14.4. The Balaban J connectivity index is 0.00000261. The molecule has 1 saturated heterocycles. The van der Waals surface area contributed by atoms with Crippen molar-refractivity contribution in [3.05, 3.63) is 63.6 Å². The minimum absolute atomic E-state index is 0. The molecule has 1 heterocycles. The Morgan fingerprint density at radius 3 is 2.22 bits per heavy atom. The molecule has 0 aromatic heterocycles. The summed E-state index contributed by atoms with van der Waals surface area (Å²) in [7, 11) is 0. The van der Waals surface area contributed by atoms with Gasteiger partial charge < -0.3 is 16.0 Å². The number of benzene rings is 2. The molecule has 2 aromatic rings. The van der Waals surface area contributed by atoms with E-state index in [1.807, 2.05) is 0 Å². The van der Waals surface area contributed by atoms with E-state index >= 15 is 0 Å². The fraction of sp³-hybridized carbons (Fsp3) is 0.263. The standard InChI is InChI=1S/C19H19Cl2N3O2.ClH/c20-14-8-13(9-15(21)10-14)19(26)23-16-5-3-12(4-6-16)18(25)24-17-2-1-7-22-11-17;/h3-6,8-10,17,22H,1-2,7,11H2,(H,23,26)(H,24,25);1H/t17-;/m0./s1. The van der Waals surface area contributed by atoms with Crippen LogP contribution in [0.1, 0.15) is 33.6 Å². The number of hydrogen-bond acceptors (Lipinski definition) is 3. The summed E-state index contributed by atoms with van der Waals surface area (Å²) in [5, 5.41) is 9.83. The van der Waals surface area contributed by atoms with Gasteiger partial charge in [0, 0.05) is 39.4 Å². The fourth-order valence-corrected chi connectivity index (χ4v) is 3.36. The van der Waals surface area contributed by atoms with E-state index in [9.17, 15) is 9.59 Å². The van der Waals surface area contributed by atoms with Gasteiger partial charge in [-0.15, -0.1) is 12.4 Å². The number of carbonyl (C=O) groups excluding carboxylic acids is 2. The van der Waals surface area contributed by atoms with Gasteiger partial charge in [-0.1, -0.05) is 23.2 Å². The number of carbonyl (C=O) groups is 2. The molecule has 27 heavy (non-hydrogen) atoms. The molecule has 144 valence electrons. The molecule has 1 atom stereocenters. The van der Waals surface area contributed by atoms with Gasteiger partial charge >= 0.3 is 0 Å². The van der Waals surface area contributed by atoms with Crippen LogP contribution in [0.15, 0.2) is 42.5 Å². The zero-order valence-corrected chi connectivity index (χ0v) is 16.8. The number of piperidine rings is 1. The first-order chi connectivity index (χ1) is 12.5. The average molecular weight is 429 g/mol. The first-order valence-corrected chi connectivity index (χ1v) is 9.16. The molecule has 1 fully saturated rings. The van der Waals surface area contributed by atoms with Crippen molar-refractivity contribution in [3.63, 3.8) is 0 Å². The van der Waals surface area contributed by atoms with Gasteiger partial charge in [0.25, 0.3) is 11.8 Å². The summed E-state index contributed by atoms with van der Waals surface area (Å²) in [5.41, 5.74) is 1.51. The van der Waals surface area contributed by atoms with Crippen LogP contribution in [0.3, 0.4) is 0 Å². The quantitative estimate of drug-likeness (QED) is 0.685. The van der Waals surface area contributed by atoms with Crippen molar-refractivity contribution in [2.45, 2.75) is 18.9 Å². The minimum Gasteiger partial charge on any atom is -0.348 e. The Hall–Kier alpha value is -1.79. The molecular weight excluding hydrogens is 409 g/mol. The highest BCUT2D eigenvalue weighted by atomic mass is 35.5. The van der Waals surface area contributed by atoms with Crippen LogP contribution in [0.5, 0.6) is 0 Å². The third-order valence-corrected chi connectivity index (χ3v) is 4.60. The van der Waals surface area contributed by atoms with Gasteiger partial charge in [-0.2, -0.15) is 0 Å². The van der Waals surface area contributed by atoms with Crippen LogP contribution >= 0.6 is 35.6 Å². The predicted octanol–water partition coefficient (Wildman–Crippen LogP) is 4.15. The molecular formula is C19H20Cl3N3O2. The van der Waals surface area contributed by atoms with Gasteiger partial charge in [0.05, 0.1) is 0 Å². The van der Waals surface area contributed by atoms with E-state index in [-0.39, 0.29) is 30.3 Å². The lowest BCUT2D eigenvalue weighted by atomic mass is 10.1. The number of halogens is 3. The van der Waals surface area contributed by atoms with Crippen molar-refractivity contribution in [2.24, 2.45) is 0 Å². The number of anilines is 1. The average Bonchev–Trinajstić information content (AvgIpc) is 2.62. The number of hydrogen-bond donors (Lipinski definition) is 3. The highest BCUT2D eigenvalue weighted by molar-refractivity contribution is 6.35. The minimum atomic E-state index is -0.320. The summed E-state index contributed by atoms with van der Waals surface area (Å²) in [6.45, 7) is 1.79. The maximum atomic E-state index is 12.3. The van der Waals surface area contributed by atoms with E-state index in [1.54, 1.807) is 42.5 Å². The van der Waals surface area contributed by atoms with Gasteiger partial charge in [-0.3, -0.25) is 9.59 Å². The lowest BCUT2D eigenvalue weighted by Gasteiger charge is -2.23. The van der Waals surface area contributed by atoms with E-state index in [4.69, 9.17) is 23.2 Å². The molecule has 1 aliphatic heterocycles. The molecule has 3 rings (SSSR count). The fourth-order valence-electron chi connectivity index (χ4n) is 2.84. The van der Waals surface area contributed by atoms with E-state index in [0.717, 1.165) is 25.9 Å². The molecule has 2 aromatic carbocycles. The molecule has 0 aliphatic carbocycles. The number of rotatable bonds is 4. The molecule has 0 unspecified atom stereocenters. The summed E-state index contributed by atoms with van der Waals surface area (Å²) in [6, 6.07) is 11.6. The SMILES string of the molecule is Cl.O=C(Nc1ccc(C(=O)N[C@H]2CCCNC2)cc1)c1cc(Cl)cc(Cl)c1. The largest absolute Gasteiger partial charge is 0.348 e. The van der Waals surface area contributed by atoms with Crippen molar-refractivity contribution in [3.8, 4) is 0 Å². The molecule has 0 spiro atoms. The first kappa shape index (κ1) is 21.5. The van der Waals surface area contributed by atoms with Crippen LogP contribution in [-0.4, -0.2) is 30.9 Å². The maximum absolute atomic E-state index is 12.3. The summed E-state index contributed by atoms with van der Waals surface area (Å²) in [6.07, 6.45) is 2.04. The predicted molar refractivity (Wildman–Crippen MR) is 111 cm³/mol. The van der Waals surface area contributed by atoms with Crippen molar-refractivity contribution in [1.82, 2.24) is 10.6 Å². The second kappa shape index (κ2) is 9.95. The van der Waals surface area contributed by atoms with Gasteiger partial charge in [0.2, 0.25) is 0 Å². The van der Waals surface area contributed by atoms with Crippen LogP contribution in [-0.2, 0) is 0 Å². The highest BCUT2D eigenvalue weighted by Gasteiger charge is 2.16. The van der Waals surface area contributed by atoms with Crippen LogP contribution < -0.4 is 16.0 Å². The Kier molecular flexibility index (Phi) is 7.92. The number of amides is 2. The molecule has 0 radical (unpaired) electrons. The topological polar surface area (TPSA) is 70.2 Å². The second-order valence-electron chi connectivity index (χ2n) is 6.21. The summed E-state index contributed by atoms with van der Waals surface area (Å²) in [5.74, 6) is -0.432.